The molecule has 0 spiro atoms. The number of aliphatic imine (C=N–C) groups is 1. The zero-order chi connectivity index (χ0) is 7.82. The standard InChI is InChI=1S/C8H14N2/c1-4-10-6-5-8(2)7-9-3/h4-6,9H,1,7H2,2-3H3/b8-5+,10-6?. The molecule has 0 atom stereocenters. The van der Waals surface area contributed by atoms with Gasteiger partial charge >= 0.3 is 0 Å². The lowest BCUT2D eigenvalue weighted by atomic mass is 10.3. The molecule has 0 aliphatic rings. The molecular formula is C8H14N2. The van der Waals surface area contributed by atoms with Crippen molar-refractivity contribution in [2.24, 2.45) is 4.99 Å². The normalized spacial score (nSPS) is 12.4. The van der Waals surface area contributed by atoms with Crippen molar-refractivity contribution in [1.29, 1.82) is 0 Å². The summed E-state index contributed by atoms with van der Waals surface area (Å²) in [6.07, 6.45) is 5.21. The van der Waals surface area contributed by atoms with Crippen LogP contribution in [0, 0.1) is 0 Å². The molecule has 0 amide bonds. The van der Waals surface area contributed by atoms with Crippen LogP contribution in [-0.2, 0) is 0 Å². The highest BCUT2D eigenvalue weighted by molar-refractivity contribution is 5.72. The Bertz CT molecular complexity index is 145. The van der Waals surface area contributed by atoms with Crippen molar-refractivity contribution >= 4 is 6.21 Å². The van der Waals surface area contributed by atoms with Gasteiger partial charge in [0.25, 0.3) is 0 Å². The van der Waals surface area contributed by atoms with Crippen LogP contribution < -0.4 is 5.32 Å². The lowest BCUT2D eigenvalue weighted by molar-refractivity contribution is 0.881. The predicted molar refractivity (Wildman–Crippen MR) is 46.4 cm³/mol. The van der Waals surface area contributed by atoms with Crippen LogP contribution in [0.1, 0.15) is 6.92 Å². The number of nitrogens with zero attached hydrogens (tertiary/aromatic N) is 1. The summed E-state index contributed by atoms with van der Waals surface area (Å²) in [6, 6.07) is 0. The number of nitrogens with one attached hydrogen (secondary N) is 1. The van der Waals surface area contributed by atoms with Gasteiger partial charge in [0.05, 0.1) is 0 Å². The molecule has 0 bridgehead atoms. The van der Waals surface area contributed by atoms with E-state index >= 15 is 0 Å². The molecule has 0 saturated carbocycles. The Morgan fingerprint density at radius 3 is 2.90 bits per heavy atom. The molecule has 0 unspecified atom stereocenters. The van der Waals surface area contributed by atoms with Gasteiger partial charge in [0.1, 0.15) is 0 Å². The minimum Gasteiger partial charge on any atom is -0.316 e. The van der Waals surface area contributed by atoms with E-state index in [0.29, 0.717) is 0 Å². The van der Waals surface area contributed by atoms with Gasteiger partial charge in [0.15, 0.2) is 0 Å². The van der Waals surface area contributed by atoms with Crippen molar-refractivity contribution in [3.8, 4) is 0 Å². The predicted octanol–water partition coefficient (Wildman–Crippen LogP) is 1.37. The Labute approximate surface area is 62.4 Å². The number of hydrogen-bond donors (Lipinski definition) is 1. The molecule has 0 aromatic carbocycles. The van der Waals surface area contributed by atoms with E-state index in [2.05, 4.69) is 16.9 Å². The van der Waals surface area contributed by atoms with Gasteiger partial charge in [-0.3, -0.25) is 4.99 Å². The number of allylic oxidation sites excluding steroid dienone is 1. The molecule has 0 aromatic heterocycles. The third-order valence-corrected chi connectivity index (χ3v) is 1.01. The summed E-state index contributed by atoms with van der Waals surface area (Å²) < 4.78 is 0. The van der Waals surface area contributed by atoms with Crippen molar-refractivity contribution in [3.05, 3.63) is 24.4 Å². The SMILES string of the molecule is C=CN=C/C=C(\C)CNC. The third-order valence-electron chi connectivity index (χ3n) is 1.01. The average Bonchev–Trinajstić information content (AvgIpc) is 1.89. The van der Waals surface area contributed by atoms with Gasteiger partial charge in [0.2, 0.25) is 0 Å². The highest BCUT2D eigenvalue weighted by Gasteiger charge is 1.80. The van der Waals surface area contributed by atoms with Gasteiger partial charge in [-0.25, -0.2) is 0 Å². The molecule has 0 saturated heterocycles. The average molecular weight is 138 g/mol. The topological polar surface area (TPSA) is 24.4 Å². The van der Waals surface area contributed by atoms with Crippen molar-refractivity contribution in [2.75, 3.05) is 13.6 Å². The van der Waals surface area contributed by atoms with E-state index < -0.39 is 0 Å². The molecule has 0 fully saturated rings. The quantitative estimate of drug-likeness (QED) is 0.583. The lowest BCUT2D eigenvalue weighted by Crippen LogP contribution is -2.08. The highest BCUT2D eigenvalue weighted by atomic mass is 14.8. The van der Waals surface area contributed by atoms with E-state index in [1.807, 2.05) is 20.0 Å². The maximum absolute atomic E-state index is 3.83. The maximum Gasteiger partial charge on any atom is 0.0267 e. The fraction of sp³-hybridized carbons (Fsp3) is 0.375. The fourth-order valence-corrected chi connectivity index (χ4v) is 0.569. The van der Waals surface area contributed by atoms with E-state index in [9.17, 15) is 0 Å². The first-order chi connectivity index (χ1) is 4.81. The largest absolute Gasteiger partial charge is 0.316 e. The minimum atomic E-state index is 0.906. The van der Waals surface area contributed by atoms with E-state index in [0.717, 1.165) is 6.54 Å². The van der Waals surface area contributed by atoms with Crippen molar-refractivity contribution in [1.82, 2.24) is 5.32 Å². The summed E-state index contributed by atoms with van der Waals surface area (Å²) in [7, 11) is 1.92. The van der Waals surface area contributed by atoms with E-state index in [4.69, 9.17) is 0 Å². The highest BCUT2D eigenvalue weighted by Crippen LogP contribution is 1.85. The van der Waals surface area contributed by atoms with Crippen LogP contribution in [-0.4, -0.2) is 19.8 Å². The molecule has 10 heavy (non-hydrogen) atoms. The first-order valence-corrected chi connectivity index (χ1v) is 3.25. The summed E-state index contributed by atoms with van der Waals surface area (Å²) in [6.45, 7) is 6.41. The van der Waals surface area contributed by atoms with Crippen LogP contribution in [0.4, 0.5) is 0 Å². The van der Waals surface area contributed by atoms with Gasteiger partial charge in [-0.2, -0.15) is 0 Å². The minimum absolute atomic E-state index is 0.906. The van der Waals surface area contributed by atoms with Crippen LogP contribution in [0.2, 0.25) is 0 Å². The van der Waals surface area contributed by atoms with Crippen LogP contribution in [0.25, 0.3) is 0 Å². The molecular weight excluding hydrogens is 124 g/mol. The van der Waals surface area contributed by atoms with Crippen LogP contribution in [0.5, 0.6) is 0 Å². The first-order valence-electron chi connectivity index (χ1n) is 3.25. The van der Waals surface area contributed by atoms with Crippen molar-refractivity contribution < 1.29 is 0 Å². The van der Waals surface area contributed by atoms with Crippen molar-refractivity contribution in [2.45, 2.75) is 6.92 Å². The first kappa shape index (κ1) is 9.11. The van der Waals surface area contributed by atoms with E-state index in [-0.39, 0.29) is 0 Å². The van der Waals surface area contributed by atoms with Gasteiger partial charge in [0, 0.05) is 19.0 Å². The Balaban J connectivity index is 3.67. The molecule has 0 aliphatic carbocycles. The van der Waals surface area contributed by atoms with E-state index in [1.54, 1.807) is 6.21 Å². The van der Waals surface area contributed by atoms with Gasteiger partial charge in [-0.1, -0.05) is 12.2 Å². The molecule has 0 radical (unpaired) electrons. The van der Waals surface area contributed by atoms with Gasteiger partial charge in [-0.15, -0.1) is 0 Å². The van der Waals surface area contributed by atoms with Gasteiger partial charge < -0.3 is 5.32 Å². The number of hydrogen-bond acceptors (Lipinski definition) is 2. The summed E-state index contributed by atoms with van der Waals surface area (Å²) in [5, 5.41) is 3.04. The Hall–Kier alpha value is -0.890. The molecule has 0 aromatic rings. The molecule has 2 nitrogen and oxygen atoms in total. The molecule has 1 N–H and O–H groups in total. The molecule has 56 valence electrons. The summed E-state index contributed by atoms with van der Waals surface area (Å²) in [5.41, 5.74) is 1.26. The second-order valence-corrected chi connectivity index (χ2v) is 2.02. The van der Waals surface area contributed by atoms with E-state index in [1.165, 1.54) is 11.8 Å². The number of likely N-dealkylation sites (N-methyl/N-ethyl adjacent to an activating group) is 1. The molecule has 0 aliphatic heterocycles. The van der Waals surface area contributed by atoms with Crippen molar-refractivity contribution in [3.63, 3.8) is 0 Å². The molecule has 0 rings (SSSR count). The summed E-state index contributed by atoms with van der Waals surface area (Å²) in [4.78, 5) is 3.83. The molecule has 2 heteroatoms. The fourth-order valence-electron chi connectivity index (χ4n) is 0.569. The van der Waals surface area contributed by atoms with Crippen LogP contribution >= 0.6 is 0 Å². The second-order valence-electron chi connectivity index (χ2n) is 2.02. The number of rotatable bonds is 4. The summed E-state index contributed by atoms with van der Waals surface area (Å²) in [5.74, 6) is 0. The lowest BCUT2D eigenvalue weighted by Gasteiger charge is -1.94. The molecule has 0 heterocycles. The zero-order valence-corrected chi connectivity index (χ0v) is 6.59. The Morgan fingerprint density at radius 2 is 2.40 bits per heavy atom. The zero-order valence-electron chi connectivity index (χ0n) is 6.59. The second kappa shape index (κ2) is 6.23. The van der Waals surface area contributed by atoms with Crippen LogP contribution in [0.15, 0.2) is 29.4 Å². The van der Waals surface area contributed by atoms with Crippen LogP contribution in [0.3, 0.4) is 0 Å². The monoisotopic (exact) mass is 138 g/mol. The smallest absolute Gasteiger partial charge is 0.0267 e. The Kier molecular flexibility index (Phi) is 5.68. The maximum atomic E-state index is 3.83. The summed E-state index contributed by atoms with van der Waals surface area (Å²) >= 11 is 0. The third kappa shape index (κ3) is 5.25. The van der Waals surface area contributed by atoms with Gasteiger partial charge in [-0.05, 0) is 20.0 Å². The Morgan fingerprint density at radius 1 is 1.70 bits per heavy atom.